The number of halogens is 1. The van der Waals surface area contributed by atoms with Crippen LogP contribution in [0.3, 0.4) is 0 Å². The van der Waals surface area contributed by atoms with Gasteiger partial charge in [0.25, 0.3) is 5.91 Å². The van der Waals surface area contributed by atoms with Gasteiger partial charge in [-0.2, -0.15) is 0 Å². The number of imide groups is 1. The smallest absolute Gasteiger partial charge is 0.329 e. The second-order valence-electron chi connectivity index (χ2n) is 8.22. The number of carbonyl (C=O) groups excluding carboxylic acids is 2. The number of rotatable bonds is 5. The third-order valence-corrected chi connectivity index (χ3v) is 6.02. The number of para-hydroxylation sites is 1. The van der Waals surface area contributed by atoms with Crippen molar-refractivity contribution in [2.75, 3.05) is 0 Å². The quantitative estimate of drug-likeness (QED) is 0.308. The van der Waals surface area contributed by atoms with E-state index in [0.29, 0.717) is 11.6 Å². The van der Waals surface area contributed by atoms with Crippen LogP contribution in [0.2, 0.25) is 5.02 Å². The first-order valence-electron chi connectivity index (χ1n) is 10.7. The highest BCUT2D eigenvalue weighted by molar-refractivity contribution is 6.30. The van der Waals surface area contributed by atoms with Gasteiger partial charge in [0.1, 0.15) is 5.70 Å². The Labute approximate surface area is 196 Å². The number of aromatic nitrogens is 1. The molecule has 33 heavy (non-hydrogen) atoms. The van der Waals surface area contributed by atoms with Gasteiger partial charge in [0, 0.05) is 34.2 Å². The average molecular weight is 456 g/mol. The van der Waals surface area contributed by atoms with Crippen LogP contribution in [-0.4, -0.2) is 21.4 Å². The molecule has 1 saturated heterocycles. The number of nitrogens with one attached hydrogen (secondary N) is 1. The second kappa shape index (κ2) is 8.60. The molecule has 0 bridgehead atoms. The normalized spacial score (nSPS) is 15.0. The van der Waals surface area contributed by atoms with Gasteiger partial charge in [0.15, 0.2) is 0 Å². The van der Waals surface area contributed by atoms with Gasteiger partial charge in [-0.05, 0) is 42.3 Å². The number of amides is 3. The molecule has 6 heteroatoms. The van der Waals surface area contributed by atoms with Crippen molar-refractivity contribution < 1.29 is 9.59 Å². The lowest BCUT2D eigenvalue weighted by molar-refractivity contribution is -0.123. The minimum Gasteiger partial charge on any atom is -0.342 e. The van der Waals surface area contributed by atoms with E-state index in [4.69, 9.17) is 11.6 Å². The summed E-state index contributed by atoms with van der Waals surface area (Å²) in [5.41, 5.74) is 5.47. The van der Waals surface area contributed by atoms with E-state index < -0.39 is 6.03 Å². The SMILES string of the molecule is Cc1cccc(Cn2cc(/C=C3\NC(=O)N(Cc4ccc(Cl)cc4)C3=O)c3ccccc32)c1. The predicted octanol–water partition coefficient (Wildman–Crippen LogP) is 5.74. The molecular formula is C27H22ClN3O2. The van der Waals surface area contributed by atoms with Crippen LogP contribution in [0.1, 0.15) is 22.3 Å². The van der Waals surface area contributed by atoms with E-state index in [1.165, 1.54) is 16.0 Å². The molecule has 164 valence electrons. The van der Waals surface area contributed by atoms with Crippen LogP contribution in [0.15, 0.2) is 84.7 Å². The third-order valence-electron chi connectivity index (χ3n) is 5.77. The van der Waals surface area contributed by atoms with Gasteiger partial charge in [0.05, 0.1) is 6.54 Å². The molecule has 4 aromatic rings. The van der Waals surface area contributed by atoms with E-state index in [2.05, 4.69) is 47.1 Å². The molecule has 2 heterocycles. The molecule has 5 nitrogen and oxygen atoms in total. The molecule has 3 amide bonds. The number of aryl methyl sites for hydroxylation is 1. The zero-order chi connectivity index (χ0) is 22.9. The average Bonchev–Trinajstić information content (AvgIpc) is 3.27. The highest BCUT2D eigenvalue weighted by Crippen LogP contribution is 2.26. The van der Waals surface area contributed by atoms with Crippen LogP contribution in [0.5, 0.6) is 0 Å². The van der Waals surface area contributed by atoms with Crippen LogP contribution >= 0.6 is 11.6 Å². The zero-order valence-electron chi connectivity index (χ0n) is 18.1. The summed E-state index contributed by atoms with van der Waals surface area (Å²) in [6, 6.07) is 23.2. The predicted molar refractivity (Wildman–Crippen MR) is 131 cm³/mol. The van der Waals surface area contributed by atoms with E-state index in [1.54, 1.807) is 18.2 Å². The van der Waals surface area contributed by atoms with E-state index in [-0.39, 0.29) is 18.1 Å². The minimum absolute atomic E-state index is 0.189. The number of benzene rings is 3. The van der Waals surface area contributed by atoms with Gasteiger partial charge in [-0.15, -0.1) is 0 Å². The largest absolute Gasteiger partial charge is 0.342 e. The first kappa shape index (κ1) is 21.0. The van der Waals surface area contributed by atoms with Gasteiger partial charge in [0.2, 0.25) is 0 Å². The van der Waals surface area contributed by atoms with Crippen LogP contribution in [-0.2, 0) is 17.9 Å². The maximum Gasteiger partial charge on any atom is 0.329 e. The summed E-state index contributed by atoms with van der Waals surface area (Å²) in [4.78, 5) is 26.7. The van der Waals surface area contributed by atoms with E-state index in [0.717, 1.165) is 22.0 Å². The molecule has 5 rings (SSSR count). The Morgan fingerprint density at radius 1 is 0.909 bits per heavy atom. The Morgan fingerprint density at radius 3 is 2.48 bits per heavy atom. The lowest BCUT2D eigenvalue weighted by atomic mass is 10.1. The first-order valence-corrected chi connectivity index (χ1v) is 11.1. The van der Waals surface area contributed by atoms with Gasteiger partial charge in [-0.1, -0.05) is 71.8 Å². The van der Waals surface area contributed by atoms with Crippen molar-refractivity contribution in [3.05, 3.63) is 112 Å². The van der Waals surface area contributed by atoms with Gasteiger partial charge < -0.3 is 9.88 Å². The van der Waals surface area contributed by atoms with E-state index in [9.17, 15) is 9.59 Å². The Bertz CT molecular complexity index is 1400. The minimum atomic E-state index is -0.426. The summed E-state index contributed by atoms with van der Waals surface area (Å²) in [5.74, 6) is -0.342. The number of urea groups is 1. The number of carbonyl (C=O) groups is 2. The number of hydrogen-bond donors (Lipinski definition) is 1. The first-order chi connectivity index (χ1) is 16.0. The van der Waals surface area contributed by atoms with Crippen molar-refractivity contribution in [3.8, 4) is 0 Å². The molecule has 0 radical (unpaired) electrons. The Kier molecular flexibility index (Phi) is 5.48. The fourth-order valence-electron chi connectivity index (χ4n) is 4.17. The summed E-state index contributed by atoms with van der Waals surface area (Å²) in [6.45, 7) is 2.99. The number of nitrogens with zero attached hydrogens (tertiary/aromatic N) is 2. The van der Waals surface area contributed by atoms with Crippen LogP contribution in [0, 0.1) is 6.92 Å². The highest BCUT2D eigenvalue weighted by Gasteiger charge is 2.33. The van der Waals surface area contributed by atoms with Crippen molar-refractivity contribution in [3.63, 3.8) is 0 Å². The lowest BCUT2D eigenvalue weighted by Crippen LogP contribution is -2.30. The molecule has 1 aromatic heterocycles. The number of hydrogen-bond acceptors (Lipinski definition) is 2. The fourth-order valence-corrected chi connectivity index (χ4v) is 4.30. The number of fused-ring (bicyclic) bond motifs is 1. The van der Waals surface area contributed by atoms with Crippen LogP contribution in [0.4, 0.5) is 4.79 Å². The van der Waals surface area contributed by atoms with Crippen molar-refractivity contribution in [2.24, 2.45) is 0 Å². The highest BCUT2D eigenvalue weighted by atomic mass is 35.5. The Balaban J connectivity index is 1.45. The molecule has 0 saturated carbocycles. The lowest BCUT2D eigenvalue weighted by Gasteiger charge is -2.11. The molecule has 1 fully saturated rings. The molecule has 1 aliphatic heterocycles. The van der Waals surface area contributed by atoms with Crippen molar-refractivity contribution >= 4 is 40.5 Å². The summed E-state index contributed by atoms with van der Waals surface area (Å²) in [7, 11) is 0. The maximum atomic E-state index is 13.0. The standard InChI is InChI=1S/C27H22ClN3O2/c1-18-5-4-6-20(13-18)15-30-17-21(23-7-2-3-8-25(23)30)14-24-26(32)31(27(33)29-24)16-19-9-11-22(28)12-10-19/h2-14,17H,15-16H2,1H3,(H,29,33)/b24-14-. The molecular weight excluding hydrogens is 434 g/mol. The Morgan fingerprint density at radius 2 is 1.70 bits per heavy atom. The van der Waals surface area contributed by atoms with Gasteiger partial charge >= 0.3 is 6.03 Å². The monoisotopic (exact) mass is 455 g/mol. The fraction of sp³-hybridized carbons (Fsp3) is 0.111. The molecule has 3 aromatic carbocycles. The maximum absolute atomic E-state index is 13.0. The van der Waals surface area contributed by atoms with Gasteiger partial charge in [-0.25, -0.2) is 4.79 Å². The molecule has 1 N–H and O–H groups in total. The summed E-state index contributed by atoms with van der Waals surface area (Å²) in [6.07, 6.45) is 3.79. The van der Waals surface area contributed by atoms with Gasteiger partial charge in [-0.3, -0.25) is 9.69 Å². The van der Waals surface area contributed by atoms with Crippen molar-refractivity contribution in [1.82, 2.24) is 14.8 Å². The molecule has 0 unspecified atom stereocenters. The molecule has 0 atom stereocenters. The van der Waals surface area contributed by atoms with Crippen LogP contribution in [0.25, 0.3) is 17.0 Å². The van der Waals surface area contributed by atoms with E-state index in [1.807, 2.05) is 36.5 Å². The molecule has 1 aliphatic rings. The summed E-state index contributed by atoms with van der Waals surface area (Å²) < 4.78 is 2.17. The molecule has 0 spiro atoms. The summed E-state index contributed by atoms with van der Waals surface area (Å²) in [5, 5.41) is 4.36. The third kappa shape index (κ3) is 4.28. The summed E-state index contributed by atoms with van der Waals surface area (Å²) >= 11 is 5.94. The van der Waals surface area contributed by atoms with E-state index >= 15 is 0 Å². The zero-order valence-corrected chi connectivity index (χ0v) is 18.8. The van der Waals surface area contributed by atoms with Crippen molar-refractivity contribution in [1.29, 1.82) is 0 Å². The Hall–Kier alpha value is -3.83. The van der Waals surface area contributed by atoms with Crippen molar-refractivity contribution in [2.45, 2.75) is 20.0 Å². The second-order valence-corrected chi connectivity index (χ2v) is 8.66. The topological polar surface area (TPSA) is 54.3 Å². The van der Waals surface area contributed by atoms with Crippen LogP contribution < -0.4 is 5.32 Å². The molecule has 0 aliphatic carbocycles.